The molecule has 1 aromatic heterocycles. The SMILES string of the molecule is C=CC(=O)/C=C/c1cccs1. The minimum Gasteiger partial charge on any atom is -0.290 e. The molecule has 11 heavy (non-hydrogen) atoms. The van der Waals surface area contributed by atoms with Crippen molar-refractivity contribution in [1.82, 2.24) is 0 Å². The third kappa shape index (κ3) is 2.51. The molecule has 0 aliphatic rings. The Labute approximate surface area is 69.7 Å². The van der Waals surface area contributed by atoms with Crippen LogP contribution in [0.3, 0.4) is 0 Å². The molecule has 0 radical (unpaired) electrons. The number of rotatable bonds is 3. The molecule has 0 fully saturated rings. The minimum absolute atomic E-state index is 0.0570. The Morgan fingerprint density at radius 2 is 2.45 bits per heavy atom. The van der Waals surface area contributed by atoms with Crippen LogP contribution in [0.25, 0.3) is 6.08 Å². The van der Waals surface area contributed by atoms with E-state index in [4.69, 9.17) is 0 Å². The maximum absolute atomic E-state index is 10.7. The van der Waals surface area contributed by atoms with Gasteiger partial charge in [-0.15, -0.1) is 11.3 Å². The lowest BCUT2D eigenvalue weighted by molar-refractivity contribution is -0.110. The Morgan fingerprint density at radius 3 is 3.00 bits per heavy atom. The first-order valence-corrected chi connectivity index (χ1v) is 4.09. The van der Waals surface area contributed by atoms with Gasteiger partial charge >= 0.3 is 0 Å². The van der Waals surface area contributed by atoms with Crippen molar-refractivity contribution in [1.29, 1.82) is 0 Å². The molecule has 1 heterocycles. The number of hydrogen-bond donors (Lipinski definition) is 0. The summed E-state index contributed by atoms with van der Waals surface area (Å²) < 4.78 is 0. The van der Waals surface area contributed by atoms with Crippen molar-refractivity contribution in [2.24, 2.45) is 0 Å². The number of carbonyl (C=O) groups is 1. The first kappa shape index (κ1) is 7.95. The molecule has 0 atom stereocenters. The van der Waals surface area contributed by atoms with Gasteiger partial charge in [0.2, 0.25) is 0 Å². The van der Waals surface area contributed by atoms with Gasteiger partial charge in [-0.1, -0.05) is 12.6 Å². The zero-order valence-corrected chi connectivity index (χ0v) is 6.80. The molecule has 0 N–H and O–H groups in total. The highest BCUT2D eigenvalue weighted by Gasteiger charge is 1.87. The van der Waals surface area contributed by atoms with Crippen molar-refractivity contribution < 1.29 is 4.79 Å². The summed E-state index contributed by atoms with van der Waals surface area (Å²) in [5, 5.41) is 1.97. The highest BCUT2D eigenvalue weighted by atomic mass is 32.1. The normalized spacial score (nSPS) is 10.2. The Balaban J connectivity index is 2.62. The monoisotopic (exact) mass is 164 g/mol. The van der Waals surface area contributed by atoms with E-state index in [9.17, 15) is 4.79 Å². The lowest BCUT2D eigenvalue weighted by Gasteiger charge is -1.80. The van der Waals surface area contributed by atoms with Gasteiger partial charge in [0.1, 0.15) is 0 Å². The molecule has 0 unspecified atom stereocenters. The molecule has 2 heteroatoms. The molecule has 1 aromatic rings. The molecule has 0 aliphatic heterocycles. The standard InChI is InChI=1S/C9H8OS/c1-2-8(10)5-6-9-4-3-7-11-9/h2-7H,1H2/b6-5+. The zero-order chi connectivity index (χ0) is 8.10. The second-order valence-electron chi connectivity index (χ2n) is 1.96. The van der Waals surface area contributed by atoms with Crippen molar-refractivity contribution in [2.75, 3.05) is 0 Å². The fraction of sp³-hybridized carbons (Fsp3) is 0. The van der Waals surface area contributed by atoms with Crippen LogP contribution < -0.4 is 0 Å². The summed E-state index contributed by atoms with van der Waals surface area (Å²) in [6.45, 7) is 3.36. The van der Waals surface area contributed by atoms with Gasteiger partial charge in [0.15, 0.2) is 5.78 Å². The second-order valence-corrected chi connectivity index (χ2v) is 2.93. The van der Waals surface area contributed by atoms with Gasteiger partial charge in [0.25, 0.3) is 0 Å². The van der Waals surface area contributed by atoms with Crippen LogP contribution in [0.4, 0.5) is 0 Å². The molecule has 0 aliphatic carbocycles. The number of thiophene rings is 1. The van der Waals surface area contributed by atoms with E-state index in [2.05, 4.69) is 6.58 Å². The fourth-order valence-corrected chi connectivity index (χ4v) is 1.24. The zero-order valence-electron chi connectivity index (χ0n) is 5.99. The maximum atomic E-state index is 10.7. The molecule has 1 rings (SSSR count). The van der Waals surface area contributed by atoms with Crippen LogP contribution in [0.2, 0.25) is 0 Å². The van der Waals surface area contributed by atoms with E-state index in [0.717, 1.165) is 4.88 Å². The lowest BCUT2D eigenvalue weighted by atomic mass is 10.3. The molecule has 1 nitrogen and oxygen atoms in total. The highest BCUT2D eigenvalue weighted by molar-refractivity contribution is 7.10. The number of ketones is 1. The van der Waals surface area contributed by atoms with Crippen molar-refractivity contribution in [3.63, 3.8) is 0 Å². The number of allylic oxidation sites excluding steroid dienone is 2. The largest absolute Gasteiger partial charge is 0.290 e. The quantitative estimate of drug-likeness (QED) is 0.627. The second kappa shape index (κ2) is 3.88. The van der Waals surface area contributed by atoms with Gasteiger partial charge in [-0.25, -0.2) is 0 Å². The van der Waals surface area contributed by atoms with Gasteiger partial charge < -0.3 is 0 Å². The summed E-state index contributed by atoms with van der Waals surface area (Å²) in [6.07, 6.45) is 4.59. The van der Waals surface area contributed by atoms with Crippen molar-refractivity contribution >= 4 is 23.2 Å². The lowest BCUT2D eigenvalue weighted by Crippen LogP contribution is -1.80. The van der Waals surface area contributed by atoms with Crippen LogP contribution in [0.1, 0.15) is 4.88 Å². The Kier molecular flexibility index (Phi) is 2.81. The summed E-state index contributed by atoms with van der Waals surface area (Å²) in [6, 6.07) is 3.90. The van der Waals surface area contributed by atoms with Gasteiger partial charge in [0, 0.05) is 4.88 Å². The average molecular weight is 164 g/mol. The topological polar surface area (TPSA) is 17.1 Å². The number of carbonyl (C=O) groups excluding carboxylic acids is 1. The minimum atomic E-state index is -0.0570. The molecule has 0 bridgehead atoms. The van der Waals surface area contributed by atoms with Crippen LogP contribution in [-0.4, -0.2) is 5.78 Å². The molecular weight excluding hydrogens is 156 g/mol. The highest BCUT2D eigenvalue weighted by Crippen LogP contribution is 2.09. The number of hydrogen-bond acceptors (Lipinski definition) is 2. The Bertz CT molecular complexity index is 270. The van der Waals surface area contributed by atoms with E-state index >= 15 is 0 Å². The summed E-state index contributed by atoms with van der Waals surface area (Å²) in [5.74, 6) is -0.0570. The summed E-state index contributed by atoms with van der Waals surface area (Å²) in [5.41, 5.74) is 0. The smallest absolute Gasteiger partial charge is 0.178 e. The summed E-state index contributed by atoms with van der Waals surface area (Å²) in [4.78, 5) is 11.8. The van der Waals surface area contributed by atoms with E-state index in [1.165, 1.54) is 12.2 Å². The van der Waals surface area contributed by atoms with E-state index in [1.54, 1.807) is 17.4 Å². The Morgan fingerprint density at radius 1 is 1.64 bits per heavy atom. The predicted molar refractivity (Wildman–Crippen MR) is 48.6 cm³/mol. The van der Waals surface area contributed by atoms with Crippen molar-refractivity contribution in [3.8, 4) is 0 Å². The third-order valence-corrected chi connectivity index (χ3v) is 1.99. The predicted octanol–water partition coefficient (Wildman–Crippen LogP) is 2.52. The fourth-order valence-electron chi connectivity index (χ4n) is 0.618. The molecule has 0 amide bonds. The van der Waals surface area contributed by atoms with E-state index in [1.807, 2.05) is 17.5 Å². The maximum Gasteiger partial charge on any atom is 0.178 e. The van der Waals surface area contributed by atoms with Gasteiger partial charge in [-0.2, -0.15) is 0 Å². The molecule has 0 saturated heterocycles. The van der Waals surface area contributed by atoms with E-state index in [-0.39, 0.29) is 5.78 Å². The third-order valence-electron chi connectivity index (χ3n) is 1.16. The van der Waals surface area contributed by atoms with Crippen LogP contribution in [0.5, 0.6) is 0 Å². The van der Waals surface area contributed by atoms with Crippen LogP contribution in [0, 0.1) is 0 Å². The van der Waals surface area contributed by atoms with E-state index in [0.29, 0.717) is 0 Å². The molecule has 56 valence electrons. The van der Waals surface area contributed by atoms with Crippen molar-refractivity contribution in [3.05, 3.63) is 41.1 Å². The molecule has 0 aromatic carbocycles. The molecule has 0 saturated carbocycles. The van der Waals surface area contributed by atoms with Crippen molar-refractivity contribution in [2.45, 2.75) is 0 Å². The summed E-state index contributed by atoms with van der Waals surface area (Å²) >= 11 is 1.60. The molecular formula is C9H8OS. The van der Waals surface area contributed by atoms with Crippen LogP contribution >= 0.6 is 11.3 Å². The molecule has 0 spiro atoms. The Hall–Kier alpha value is -1.15. The van der Waals surface area contributed by atoms with Crippen LogP contribution in [-0.2, 0) is 4.79 Å². The first-order chi connectivity index (χ1) is 5.33. The average Bonchev–Trinajstić information content (AvgIpc) is 2.52. The van der Waals surface area contributed by atoms with E-state index < -0.39 is 0 Å². The van der Waals surface area contributed by atoms with Crippen LogP contribution in [0.15, 0.2) is 36.2 Å². The summed E-state index contributed by atoms with van der Waals surface area (Å²) in [7, 11) is 0. The van der Waals surface area contributed by atoms with Gasteiger partial charge in [-0.05, 0) is 29.7 Å². The van der Waals surface area contributed by atoms with Gasteiger partial charge in [-0.3, -0.25) is 4.79 Å². The first-order valence-electron chi connectivity index (χ1n) is 3.21. The van der Waals surface area contributed by atoms with Gasteiger partial charge in [0.05, 0.1) is 0 Å².